The van der Waals surface area contributed by atoms with Crippen LogP contribution in [-0.4, -0.2) is 36.9 Å². The Labute approximate surface area is 255 Å². The van der Waals surface area contributed by atoms with E-state index in [1.807, 2.05) is 54.6 Å². The topological polar surface area (TPSA) is 111 Å². The summed E-state index contributed by atoms with van der Waals surface area (Å²) in [6.07, 6.45) is 4.26. The first kappa shape index (κ1) is 29.1. The summed E-state index contributed by atoms with van der Waals surface area (Å²) in [6.45, 7) is 0.167. The molecule has 2 heterocycles. The van der Waals surface area contributed by atoms with Gasteiger partial charge in [0.25, 0.3) is 0 Å². The van der Waals surface area contributed by atoms with Crippen molar-refractivity contribution in [2.75, 3.05) is 20.8 Å². The Hall–Kier alpha value is -4.98. The molecule has 0 saturated heterocycles. The summed E-state index contributed by atoms with van der Waals surface area (Å²) in [4.78, 5) is 30.1. The Morgan fingerprint density at radius 2 is 1.73 bits per heavy atom. The molecule has 3 aromatic carbocycles. The number of aromatic nitrogens is 1. The third kappa shape index (κ3) is 5.43. The molecule has 8 nitrogen and oxygen atoms in total. The predicted octanol–water partition coefficient (Wildman–Crippen LogP) is 6.69. The number of aromatic amines is 1. The van der Waals surface area contributed by atoms with Crippen molar-refractivity contribution in [3.63, 3.8) is 0 Å². The minimum Gasteiger partial charge on any atom is -0.507 e. The maximum Gasteiger partial charge on any atom is 0.343 e. The number of hydrogen-bond donors (Lipinski definition) is 2. The van der Waals surface area contributed by atoms with Gasteiger partial charge in [-0.15, -0.1) is 0 Å². The quantitative estimate of drug-likeness (QED) is 0.137. The van der Waals surface area contributed by atoms with Crippen molar-refractivity contribution in [3.8, 4) is 17.2 Å². The molecule has 0 bridgehead atoms. The zero-order valence-corrected chi connectivity index (χ0v) is 24.9. The molecule has 8 heteroatoms. The second-order valence-corrected chi connectivity index (χ2v) is 10.9. The van der Waals surface area contributed by atoms with Gasteiger partial charge in [-0.25, -0.2) is 9.59 Å². The van der Waals surface area contributed by atoms with E-state index in [0.29, 0.717) is 48.5 Å². The third-order valence-electron chi connectivity index (χ3n) is 8.38. The van der Waals surface area contributed by atoms with Crippen LogP contribution in [0.3, 0.4) is 0 Å². The second-order valence-electron chi connectivity index (χ2n) is 10.9. The number of H-pyrrole nitrogens is 1. The average Bonchev–Trinajstić information content (AvgIpc) is 3.42. The highest BCUT2D eigenvalue weighted by Crippen LogP contribution is 2.42. The smallest absolute Gasteiger partial charge is 0.343 e. The summed E-state index contributed by atoms with van der Waals surface area (Å²) in [7, 11) is 3.00. The van der Waals surface area contributed by atoms with Crippen molar-refractivity contribution in [1.29, 1.82) is 0 Å². The van der Waals surface area contributed by atoms with E-state index in [4.69, 9.17) is 18.6 Å². The summed E-state index contributed by atoms with van der Waals surface area (Å²) in [5.74, 6) is 0.293. The lowest BCUT2D eigenvalue weighted by Crippen LogP contribution is -2.20. The molecule has 1 atom stereocenters. The van der Waals surface area contributed by atoms with Crippen molar-refractivity contribution in [3.05, 3.63) is 122 Å². The van der Waals surface area contributed by atoms with Gasteiger partial charge in [-0.3, -0.25) is 0 Å². The van der Waals surface area contributed by atoms with E-state index < -0.39 is 17.5 Å². The lowest BCUT2D eigenvalue weighted by atomic mass is 9.84. The first-order valence-corrected chi connectivity index (χ1v) is 14.9. The molecule has 0 radical (unpaired) electrons. The van der Waals surface area contributed by atoms with Crippen molar-refractivity contribution >= 4 is 16.9 Å². The van der Waals surface area contributed by atoms with E-state index in [0.717, 1.165) is 46.1 Å². The van der Waals surface area contributed by atoms with Crippen molar-refractivity contribution in [2.45, 2.75) is 44.4 Å². The minimum absolute atomic E-state index is 0.0237. The normalized spacial score (nSPS) is 13.3. The largest absolute Gasteiger partial charge is 0.507 e. The van der Waals surface area contributed by atoms with Gasteiger partial charge < -0.3 is 28.7 Å². The van der Waals surface area contributed by atoms with Gasteiger partial charge in [-0.1, -0.05) is 54.6 Å². The van der Waals surface area contributed by atoms with E-state index in [1.54, 1.807) is 18.2 Å². The van der Waals surface area contributed by atoms with E-state index >= 15 is 0 Å². The van der Waals surface area contributed by atoms with E-state index in [9.17, 15) is 14.7 Å². The molecule has 6 rings (SSSR count). The van der Waals surface area contributed by atoms with Crippen LogP contribution in [0.25, 0.3) is 10.9 Å². The van der Waals surface area contributed by atoms with Gasteiger partial charge in [0.15, 0.2) is 11.5 Å². The Kier molecular flexibility index (Phi) is 8.41. The lowest BCUT2D eigenvalue weighted by molar-refractivity contribution is 0.0496. The number of rotatable bonds is 10. The molecular weight excluding hydrogens is 558 g/mol. The number of hydrogen-bond acceptors (Lipinski definition) is 7. The number of ether oxygens (including phenoxy) is 3. The monoisotopic (exact) mass is 593 g/mol. The maximum absolute atomic E-state index is 13.6. The molecule has 0 fully saturated rings. The van der Waals surface area contributed by atoms with Crippen LogP contribution >= 0.6 is 0 Å². The van der Waals surface area contributed by atoms with Crippen LogP contribution in [0.1, 0.15) is 69.2 Å². The Morgan fingerprint density at radius 3 is 2.52 bits per heavy atom. The number of methoxy groups -OCH3 is 2. The first-order chi connectivity index (χ1) is 21.5. The van der Waals surface area contributed by atoms with Crippen LogP contribution in [0.5, 0.6) is 17.2 Å². The fourth-order valence-corrected chi connectivity index (χ4v) is 6.32. The average molecular weight is 594 g/mol. The molecule has 1 aliphatic carbocycles. The van der Waals surface area contributed by atoms with Crippen LogP contribution in [-0.2, 0) is 24.0 Å². The maximum atomic E-state index is 13.6. The van der Waals surface area contributed by atoms with Gasteiger partial charge in [0.2, 0.25) is 0 Å². The van der Waals surface area contributed by atoms with Crippen LogP contribution in [0.4, 0.5) is 0 Å². The highest BCUT2D eigenvalue weighted by atomic mass is 16.5. The zero-order chi connectivity index (χ0) is 30.6. The molecular formula is C36H35NO7. The summed E-state index contributed by atoms with van der Waals surface area (Å²) < 4.78 is 22.2. The fourth-order valence-electron chi connectivity index (χ4n) is 6.32. The molecule has 2 aromatic heterocycles. The molecule has 0 saturated carbocycles. The highest BCUT2D eigenvalue weighted by molar-refractivity contribution is 5.93. The molecule has 2 N–H and O–H groups in total. The van der Waals surface area contributed by atoms with Crippen molar-refractivity contribution in [1.82, 2.24) is 4.98 Å². The summed E-state index contributed by atoms with van der Waals surface area (Å²) >= 11 is 0. The van der Waals surface area contributed by atoms with E-state index in [-0.39, 0.29) is 17.9 Å². The molecule has 0 aliphatic heterocycles. The van der Waals surface area contributed by atoms with E-state index in [1.165, 1.54) is 14.2 Å². The van der Waals surface area contributed by atoms with E-state index in [2.05, 4.69) is 4.98 Å². The number of esters is 1. The third-order valence-corrected chi connectivity index (χ3v) is 8.38. The molecule has 5 aromatic rings. The Bertz CT molecular complexity index is 1850. The van der Waals surface area contributed by atoms with Crippen molar-refractivity contribution in [2.24, 2.45) is 0 Å². The number of para-hydroxylation sites is 2. The van der Waals surface area contributed by atoms with Gasteiger partial charge in [0, 0.05) is 28.6 Å². The predicted molar refractivity (Wildman–Crippen MR) is 167 cm³/mol. The molecule has 0 amide bonds. The van der Waals surface area contributed by atoms with Crippen LogP contribution < -0.4 is 15.1 Å². The first-order valence-electron chi connectivity index (χ1n) is 14.9. The second kappa shape index (κ2) is 12.7. The number of aryl methyl sites for hydroxylation is 2. The Balaban J connectivity index is 1.35. The molecule has 226 valence electrons. The standard InChI is InChI=1S/C36H35NO7/c1-41-29-20-10-16-26(34(29)42-2)35(39)43-21-11-17-24-23-14-6-8-18-27(23)37-32(24)30(22-12-4-3-5-13-22)31-33(38)25-15-7-9-19-28(25)44-36(31)40/h3-6,8,10,12-14,16,18,20,30,37-38H,7,9,11,15,17,19,21H2,1-2H3. The number of fused-ring (bicyclic) bond motifs is 2. The summed E-state index contributed by atoms with van der Waals surface area (Å²) in [5, 5.41) is 12.6. The van der Waals surface area contributed by atoms with Gasteiger partial charge in [0.1, 0.15) is 17.1 Å². The number of nitrogens with one attached hydrogen (secondary N) is 1. The van der Waals surface area contributed by atoms with Crippen LogP contribution in [0.2, 0.25) is 0 Å². The molecule has 1 aliphatic rings. The fraction of sp³-hybridized carbons (Fsp3) is 0.278. The number of carbonyl (C=O) groups excluding carboxylic acids is 1. The molecule has 0 spiro atoms. The van der Waals surface area contributed by atoms with Crippen LogP contribution in [0.15, 0.2) is 82.0 Å². The summed E-state index contributed by atoms with van der Waals surface area (Å²) in [5.41, 5.74) is 4.29. The van der Waals surface area contributed by atoms with Gasteiger partial charge in [-0.05, 0) is 61.4 Å². The lowest BCUT2D eigenvalue weighted by Gasteiger charge is -2.23. The van der Waals surface area contributed by atoms with Gasteiger partial charge in [0.05, 0.1) is 32.3 Å². The number of carbonyl (C=O) groups is 1. The number of benzene rings is 3. The van der Waals surface area contributed by atoms with Gasteiger partial charge in [-0.2, -0.15) is 0 Å². The highest BCUT2D eigenvalue weighted by Gasteiger charge is 2.32. The Morgan fingerprint density at radius 1 is 0.955 bits per heavy atom. The SMILES string of the molecule is COc1cccc(C(=O)OCCCc2c(C(c3ccccc3)c3c(O)c4c(oc3=O)CCCC4)[nH]c3ccccc23)c1OC. The van der Waals surface area contributed by atoms with Gasteiger partial charge >= 0.3 is 11.6 Å². The minimum atomic E-state index is -0.592. The molecule has 1 unspecified atom stereocenters. The van der Waals surface area contributed by atoms with Crippen molar-refractivity contribution < 1.29 is 28.5 Å². The zero-order valence-electron chi connectivity index (χ0n) is 24.9. The molecule has 44 heavy (non-hydrogen) atoms. The number of aromatic hydroxyl groups is 1. The summed E-state index contributed by atoms with van der Waals surface area (Å²) in [6, 6.07) is 22.7. The van der Waals surface area contributed by atoms with Crippen LogP contribution in [0, 0.1) is 0 Å².